The van der Waals surface area contributed by atoms with Crippen LogP contribution in [-0.2, 0) is 0 Å². The van der Waals surface area contributed by atoms with Crippen LogP contribution in [0.2, 0.25) is 0 Å². The predicted octanol–water partition coefficient (Wildman–Crippen LogP) is 12.2. The maximum absolute atomic E-state index is 2.41. The minimum atomic E-state index is 1.17. The fourth-order valence-corrected chi connectivity index (χ4v) is 7.59. The van der Waals surface area contributed by atoms with Gasteiger partial charge in [0, 0.05) is 16.5 Å². The summed E-state index contributed by atoms with van der Waals surface area (Å²) in [6, 6.07) is 55.9. The van der Waals surface area contributed by atoms with Crippen molar-refractivity contribution in [2.45, 2.75) is 13.8 Å². The van der Waals surface area contributed by atoms with E-state index in [4.69, 9.17) is 0 Å². The summed E-state index contributed by atoms with van der Waals surface area (Å²) in [5.74, 6) is 0. The molecule has 0 aliphatic heterocycles. The van der Waals surface area contributed by atoms with Gasteiger partial charge in [0.1, 0.15) is 0 Å². The lowest BCUT2D eigenvalue weighted by Gasteiger charge is -2.21. The molecule has 212 valence electrons. The van der Waals surface area contributed by atoms with Crippen molar-refractivity contribution in [2.24, 2.45) is 0 Å². The Morgan fingerprint density at radius 1 is 0.378 bits per heavy atom. The summed E-state index contributed by atoms with van der Waals surface area (Å²) in [6.45, 7) is 4.45. The molecule has 45 heavy (non-hydrogen) atoms. The van der Waals surface area contributed by atoms with Gasteiger partial charge in [-0.25, -0.2) is 0 Å². The molecule has 0 N–H and O–H groups in total. The first-order chi connectivity index (χ1) is 22.2. The number of hydrogen-bond acceptors (Lipinski definition) is 0. The fourth-order valence-electron chi connectivity index (χ4n) is 7.59. The van der Waals surface area contributed by atoms with Crippen LogP contribution in [0.15, 0.2) is 152 Å². The van der Waals surface area contributed by atoms with E-state index in [1.807, 2.05) is 0 Å². The molecule has 1 aromatic heterocycles. The van der Waals surface area contributed by atoms with Crippen molar-refractivity contribution in [3.63, 3.8) is 0 Å². The Hall–Kier alpha value is -5.66. The zero-order chi connectivity index (χ0) is 30.1. The molecule has 0 bridgehead atoms. The van der Waals surface area contributed by atoms with Crippen LogP contribution in [0.3, 0.4) is 0 Å². The van der Waals surface area contributed by atoms with Gasteiger partial charge in [0.05, 0.1) is 11.0 Å². The summed E-state index contributed by atoms with van der Waals surface area (Å²) in [6.07, 6.45) is 0. The largest absolute Gasteiger partial charge is 0.309 e. The van der Waals surface area contributed by atoms with Crippen molar-refractivity contribution < 1.29 is 0 Å². The highest BCUT2D eigenvalue weighted by molar-refractivity contribution is 6.24. The van der Waals surface area contributed by atoms with Crippen molar-refractivity contribution in [2.75, 3.05) is 0 Å². The van der Waals surface area contributed by atoms with Gasteiger partial charge in [-0.1, -0.05) is 133 Å². The molecule has 1 heterocycles. The zero-order valence-corrected chi connectivity index (χ0v) is 25.4. The normalized spacial score (nSPS) is 11.8. The number of fused-ring (bicyclic) bond motifs is 6. The Bertz CT molecular complexity index is 2560. The van der Waals surface area contributed by atoms with Crippen LogP contribution in [0.5, 0.6) is 0 Å². The second-order valence-corrected chi connectivity index (χ2v) is 12.2. The monoisotopic (exact) mass is 573 g/mol. The van der Waals surface area contributed by atoms with E-state index in [0.29, 0.717) is 0 Å². The minimum absolute atomic E-state index is 1.17. The first kappa shape index (κ1) is 25.8. The van der Waals surface area contributed by atoms with E-state index >= 15 is 0 Å². The summed E-state index contributed by atoms with van der Waals surface area (Å²) >= 11 is 0. The van der Waals surface area contributed by atoms with E-state index in [9.17, 15) is 0 Å². The molecule has 9 rings (SSSR count). The number of nitrogens with zero attached hydrogens (tertiary/aromatic N) is 1. The average Bonchev–Trinajstić information content (AvgIpc) is 3.42. The van der Waals surface area contributed by atoms with E-state index < -0.39 is 0 Å². The third-order valence-electron chi connectivity index (χ3n) is 9.54. The summed E-state index contributed by atoms with van der Waals surface area (Å²) < 4.78 is 2.41. The first-order valence-corrected chi connectivity index (χ1v) is 15.7. The summed E-state index contributed by atoms with van der Waals surface area (Å²) in [5, 5.41) is 10.3. The van der Waals surface area contributed by atoms with Gasteiger partial charge in [-0.3, -0.25) is 0 Å². The predicted molar refractivity (Wildman–Crippen MR) is 194 cm³/mol. The smallest absolute Gasteiger partial charge is 0.0541 e. The molecule has 0 fully saturated rings. The number of benzene rings is 8. The third kappa shape index (κ3) is 3.87. The summed E-state index contributed by atoms with van der Waals surface area (Å²) in [7, 11) is 0. The summed E-state index contributed by atoms with van der Waals surface area (Å²) in [5.41, 5.74) is 11.3. The second-order valence-electron chi connectivity index (χ2n) is 12.2. The Labute approximate surface area is 262 Å². The van der Waals surface area contributed by atoms with Crippen molar-refractivity contribution in [1.29, 1.82) is 0 Å². The van der Waals surface area contributed by atoms with Gasteiger partial charge in [0.2, 0.25) is 0 Å². The number of rotatable bonds is 3. The molecule has 0 aliphatic carbocycles. The first-order valence-electron chi connectivity index (χ1n) is 15.7. The number of aromatic nitrogens is 1. The molecule has 0 saturated heterocycles. The van der Waals surface area contributed by atoms with Crippen molar-refractivity contribution >= 4 is 54.1 Å². The van der Waals surface area contributed by atoms with E-state index in [-0.39, 0.29) is 0 Å². The van der Waals surface area contributed by atoms with Crippen molar-refractivity contribution in [3.8, 4) is 27.9 Å². The molecule has 0 radical (unpaired) electrons. The molecule has 1 nitrogen and oxygen atoms in total. The van der Waals surface area contributed by atoms with Crippen LogP contribution in [0.4, 0.5) is 0 Å². The highest BCUT2D eigenvalue weighted by Gasteiger charge is 2.20. The quantitative estimate of drug-likeness (QED) is 0.185. The molecule has 0 atom stereocenters. The molecular formula is C44H31N. The number of hydrogen-bond donors (Lipinski definition) is 0. The lowest BCUT2D eigenvalue weighted by molar-refractivity contribution is 1.18. The molecule has 0 unspecified atom stereocenters. The Kier molecular flexibility index (Phi) is 5.70. The molecule has 0 saturated carbocycles. The fraction of sp³-hybridized carbons (Fsp3) is 0.0455. The lowest BCUT2D eigenvalue weighted by Crippen LogP contribution is -1.96. The van der Waals surface area contributed by atoms with Crippen LogP contribution in [0.25, 0.3) is 82.1 Å². The van der Waals surface area contributed by atoms with Crippen molar-refractivity contribution in [3.05, 3.63) is 163 Å². The van der Waals surface area contributed by atoms with Crippen LogP contribution in [0, 0.1) is 13.8 Å². The van der Waals surface area contributed by atoms with E-state index in [1.165, 1.54) is 93.2 Å². The van der Waals surface area contributed by atoms with Gasteiger partial charge in [-0.15, -0.1) is 0 Å². The van der Waals surface area contributed by atoms with Crippen LogP contribution < -0.4 is 0 Å². The second kappa shape index (κ2) is 9.94. The molecular weight excluding hydrogens is 542 g/mol. The Morgan fingerprint density at radius 3 is 1.71 bits per heavy atom. The van der Waals surface area contributed by atoms with E-state index in [1.54, 1.807) is 0 Å². The molecule has 9 aromatic rings. The average molecular weight is 574 g/mol. The van der Waals surface area contributed by atoms with Crippen LogP contribution in [0.1, 0.15) is 11.1 Å². The van der Waals surface area contributed by atoms with E-state index in [0.717, 1.165) is 0 Å². The molecule has 8 aromatic carbocycles. The van der Waals surface area contributed by atoms with Gasteiger partial charge in [-0.2, -0.15) is 0 Å². The third-order valence-corrected chi connectivity index (χ3v) is 9.54. The maximum Gasteiger partial charge on any atom is 0.0541 e. The van der Waals surface area contributed by atoms with Gasteiger partial charge in [-0.05, 0) is 98.2 Å². The number of para-hydroxylation sites is 2. The number of aryl methyl sites for hydroxylation is 2. The zero-order valence-electron chi connectivity index (χ0n) is 25.4. The highest BCUT2D eigenvalue weighted by Crippen LogP contribution is 2.47. The minimum Gasteiger partial charge on any atom is -0.309 e. The molecule has 0 spiro atoms. The molecule has 1 heteroatoms. The van der Waals surface area contributed by atoms with E-state index in [2.05, 4.69) is 170 Å². The van der Waals surface area contributed by atoms with Gasteiger partial charge in [0.25, 0.3) is 0 Å². The molecule has 0 amide bonds. The van der Waals surface area contributed by atoms with Crippen LogP contribution in [-0.4, -0.2) is 4.57 Å². The standard InChI is InChI=1S/C44H31N/c1-28-22-25-38-39(26-28)43(36-18-5-6-19-37(36)44(38)42-29(2)23-24-30-12-3-4-15-33(30)42)31-13-11-14-32(27-31)45-40-20-9-7-16-34(40)35-17-8-10-21-41(35)45/h3-27H,1-2H3. The SMILES string of the molecule is Cc1ccc2c(-c3c(C)ccc4ccccc34)c3ccccc3c(-c3cccc(-n4c5ccccc5c5ccccc54)c3)c2c1. The topological polar surface area (TPSA) is 4.93 Å². The van der Waals surface area contributed by atoms with Gasteiger partial charge in [0.15, 0.2) is 0 Å². The maximum atomic E-state index is 2.41. The highest BCUT2D eigenvalue weighted by atomic mass is 15.0. The Balaban J connectivity index is 1.39. The van der Waals surface area contributed by atoms with Gasteiger partial charge >= 0.3 is 0 Å². The molecule has 0 aliphatic rings. The Morgan fingerprint density at radius 2 is 0.978 bits per heavy atom. The summed E-state index contributed by atoms with van der Waals surface area (Å²) in [4.78, 5) is 0. The lowest BCUT2D eigenvalue weighted by atomic mass is 9.83. The van der Waals surface area contributed by atoms with Crippen LogP contribution >= 0.6 is 0 Å². The van der Waals surface area contributed by atoms with Crippen molar-refractivity contribution in [1.82, 2.24) is 4.57 Å². The van der Waals surface area contributed by atoms with Gasteiger partial charge < -0.3 is 4.57 Å².